The van der Waals surface area contributed by atoms with Crippen LogP contribution in [0, 0.1) is 0 Å². The minimum Gasteiger partial charge on any atom is -0.491 e. The van der Waals surface area contributed by atoms with Gasteiger partial charge < -0.3 is 19.9 Å². The SMILES string of the molecule is COC(=O)C(=Cc1ccc(OCC(O)CNCc2ccccc2)cc1)c1cccs1. The highest BCUT2D eigenvalue weighted by Gasteiger charge is 2.13. The number of benzene rings is 2. The first-order valence-electron chi connectivity index (χ1n) is 9.65. The fourth-order valence-corrected chi connectivity index (χ4v) is 3.56. The Bertz CT molecular complexity index is 937. The van der Waals surface area contributed by atoms with Crippen LogP contribution in [0.1, 0.15) is 16.0 Å². The maximum absolute atomic E-state index is 12.1. The number of methoxy groups -OCH3 is 1. The van der Waals surface area contributed by atoms with Gasteiger partial charge in [0.05, 0.1) is 12.7 Å². The highest BCUT2D eigenvalue weighted by atomic mass is 32.1. The van der Waals surface area contributed by atoms with Crippen LogP contribution >= 0.6 is 11.3 Å². The average molecular weight is 424 g/mol. The van der Waals surface area contributed by atoms with Gasteiger partial charge in [-0.2, -0.15) is 0 Å². The normalized spacial score (nSPS) is 12.4. The Morgan fingerprint density at radius 2 is 1.87 bits per heavy atom. The third kappa shape index (κ3) is 6.56. The lowest BCUT2D eigenvalue weighted by Crippen LogP contribution is -2.31. The van der Waals surface area contributed by atoms with Crippen LogP contribution in [0.15, 0.2) is 72.1 Å². The van der Waals surface area contributed by atoms with Crippen LogP contribution in [0.5, 0.6) is 5.75 Å². The highest BCUT2D eigenvalue weighted by Crippen LogP contribution is 2.25. The molecule has 0 amide bonds. The van der Waals surface area contributed by atoms with E-state index in [1.165, 1.54) is 24.0 Å². The van der Waals surface area contributed by atoms with Crippen LogP contribution in [-0.2, 0) is 16.1 Å². The monoisotopic (exact) mass is 423 g/mol. The van der Waals surface area contributed by atoms with Crippen LogP contribution in [-0.4, -0.2) is 37.4 Å². The molecule has 2 N–H and O–H groups in total. The van der Waals surface area contributed by atoms with E-state index in [0.29, 0.717) is 24.4 Å². The molecule has 1 aromatic heterocycles. The molecule has 0 aliphatic carbocycles. The zero-order valence-electron chi connectivity index (χ0n) is 16.8. The minimum absolute atomic E-state index is 0.194. The summed E-state index contributed by atoms with van der Waals surface area (Å²) >= 11 is 1.49. The van der Waals surface area contributed by atoms with E-state index >= 15 is 0 Å². The van der Waals surface area contributed by atoms with Crippen molar-refractivity contribution < 1.29 is 19.4 Å². The summed E-state index contributed by atoms with van der Waals surface area (Å²) in [4.78, 5) is 12.9. The molecule has 0 radical (unpaired) electrons. The van der Waals surface area contributed by atoms with Gasteiger partial charge in [0.2, 0.25) is 0 Å². The molecule has 30 heavy (non-hydrogen) atoms. The van der Waals surface area contributed by atoms with Crippen LogP contribution in [0.4, 0.5) is 0 Å². The van der Waals surface area contributed by atoms with E-state index in [1.807, 2.05) is 72.1 Å². The average Bonchev–Trinajstić information content (AvgIpc) is 3.31. The van der Waals surface area contributed by atoms with Crippen molar-refractivity contribution in [3.8, 4) is 5.75 Å². The molecule has 2 aromatic carbocycles. The molecule has 1 atom stereocenters. The van der Waals surface area contributed by atoms with Crippen LogP contribution in [0.25, 0.3) is 11.6 Å². The van der Waals surface area contributed by atoms with Crippen molar-refractivity contribution in [1.29, 1.82) is 0 Å². The van der Waals surface area contributed by atoms with Gasteiger partial charge in [0.1, 0.15) is 18.5 Å². The number of esters is 1. The van der Waals surface area contributed by atoms with Crippen molar-refractivity contribution in [2.75, 3.05) is 20.3 Å². The number of aliphatic hydroxyl groups excluding tert-OH is 1. The number of carbonyl (C=O) groups is 1. The molecule has 0 spiro atoms. The van der Waals surface area contributed by atoms with E-state index in [0.717, 1.165) is 10.4 Å². The topological polar surface area (TPSA) is 67.8 Å². The molecule has 0 aliphatic rings. The van der Waals surface area contributed by atoms with E-state index in [4.69, 9.17) is 9.47 Å². The summed E-state index contributed by atoms with van der Waals surface area (Å²) in [7, 11) is 1.38. The lowest BCUT2D eigenvalue weighted by molar-refractivity contribution is -0.133. The highest BCUT2D eigenvalue weighted by molar-refractivity contribution is 7.11. The van der Waals surface area contributed by atoms with Crippen LogP contribution in [0.3, 0.4) is 0 Å². The van der Waals surface area contributed by atoms with Gasteiger partial charge in [-0.3, -0.25) is 0 Å². The summed E-state index contributed by atoms with van der Waals surface area (Å²) in [6, 6.07) is 21.2. The van der Waals surface area contributed by atoms with Crippen molar-refractivity contribution >= 4 is 29.0 Å². The zero-order valence-corrected chi connectivity index (χ0v) is 17.6. The smallest absolute Gasteiger partial charge is 0.339 e. The van der Waals surface area contributed by atoms with Crippen molar-refractivity contribution in [2.24, 2.45) is 0 Å². The third-order valence-corrected chi connectivity index (χ3v) is 5.28. The molecule has 0 bridgehead atoms. The molecule has 1 unspecified atom stereocenters. The predicted molar refractivity (Wildman–Crippen MR) is 120 cm³/mol. The predicted octanol–water partition coefficient (Wildman–Crippen LogP) is 3.99. The van der Waals surface area contributed by atoms with Crippen molar-refractivity contribution in [3.05, 3.63) is 88.1 Å². The maximum atomic E-state index is 12.1. The van der Waals surface area contributed by atoms with Gasteiger partial charge in [-0.05, 0) is 40.8 Å². The number of hydrogen-bond donors (Lipinski definition) is 2. The van der Waals surface area contributed by atoms with Crippen molar-refractivity contribution in [2.45, 2.75) is 12.6 Å². The van der Waals surface area contributed by atoms with Crippen molar-refractivity contribution in [3.63, 3.8) is 0 Å². The van der Waals surface area contributed by atoms with E-state index in [9.17, 15) is 9.90 Å². The Morgan fingerprint density at radius 1 is 1.10 bits per heavy atom. The first kappa shape index (κ1) is 21.8. The molecule has 0 aliphatic heterocycles. The summed E-state index contributed by atoms with van der Waals surface area (Å²) < 4.78 is 10.6. The number of thiophene rings is 1. The molecule has 6 heteroatoms. The standard InChI is InChI=1S/C24H25NO4S/c1-28-24(27)22(23-8-5-13-30-23)14-18-9-11-21(12-10-18)29-17-20(26)16-25-15-19-6-3-2-4-7-19/h2-14,20,25-26H,15-17H2,1H3. The molecule has 0 saturated heterocycles. The van der Waals surface area contributed by atoms with Crippen LogP contribution in [0.2, 0.25) is 0 Å². The first-order valence-corrected chi connectivity index (χ1v) is 10.5. The first-order chi connectivity index (χ1) is 14.7. The molecular weight excluding hydrogens is 398 g/mol. The van der Waals surface area contributed by atoms with E-state index < -0.39 is 6.10 Å². The van der Waals surface area contributed by atoms with Gasteiger partial charge >= 0.3 is 5.97 Å². The molecule has 3 aromatic rings. The maximum Gasteiger partial charge on any atom is 0.339 e. The lowest BCUT2D eigenvalue weighted by Gasteiger charge is -2.13. The van der Waals surface area contributed by atoms with E-state index in [2.05, 4.69) is 5.32 Å². The van der Waals surface area contributed by atoms with Gasteiger partial charge in [0, 0.05) is 18.0 Å². The van der Waals surface area contributed by atoms with Gasteiger partial charge in [-0.25, -0.2) is 4.79 Å². The minimum atomic E-state index is -0.613. The quantitative estimate of drug-likeness (QED) is 0.381. The summed E-state index contributed by atoms with van der Waals surface area (Å²) in [5.74, 6) is 0.286. The Balaban J connectivity index is 1.50. The summed E-state index contributed by atoms with van der Waals surface area (Å²) in [6.07, 6.45) is 1.18. The number of rotatable bonds is 10. The zero-order chi connectivity index (χ0) is 21.2. The molecule has 0 saturated carbocycles. The summed E-state index contributed by atoms with van der Waals surface area (Å²) in [6.45, 7) is 1.34. The second-order valence-corrected chi connectivity index (χ2v) is 7.62. The van der Waals surface area contributed by atoms with E-state index in [-0.39, 0.29) is 12.6 Å². The van der Waals surface area contributed by atoms with E-state index in [1.54, 1.807) is 6.08 Å². The largest absolute Gasteiger partial charge is 0.491 e. The molecule has 156 valence electrons. The Kier molecular flexibility index (Phi) is 8.20. The second-order valence-electron chi connectivity index (χ2n) is 6.68. The third-order valence-electron chi connectivity index (χ3n) is 4.38. The molecule has 5 nitrogen and oxygen atoms in total. The van der Waals surface area contributed by atoms with Gasteiger partial charge in [0.25, 0.3) is 0 Å². The summed E-state index contributed by atoms with van der Waals surface area (Å²) in [5.41, 5.74) is 2.55. The number of nitrogens with one attached hydrogen (secondary N) is 1. The Morgan fingerprint density at radius 3 is 2.53 bits per heavy atom. The van der Waals surface area contributed by atoms with Crippen LogP contribution < -0.4 is 10.1 Å². The van der Waals surface area contributed by atoms with Crippen molar-refractivity contribution in [1.82, 2.24) is 5.32 Å². The lowest BCUT2D eigenvalue weighted by atomic mass is 10.1. The molecule has 3 rings (SSSR count). The molecule has 1 heterocycles. The van der Waals surface area contributed by atoms with Gasteiger partial charge in [0.15, 0.2) is 0 Å². The Hall–Kier alpha value is -2.93. The number of aliphatic hydroxyl groups is 1. The van der Waals surface area contributed by atoms with Gasteiger partial charge in [-0.1, -0.05) is 48.5 Å². The fourth-order valence-electron chi connectivity index (χ4n) is 2.83. The van der Waals surface area contributed by atoms with Gasteiger partial charge in [-0.15, -0.1) is 11.3 Å². The number of carbonyl (C=O) groups excluding carboxylic acids is 1. The second kappa shape index (κ2) is 11.3. The number of ether oxygens (including phenoxy) is 2. The Labute approximate surface area is 180 Å². The molecule has 0 fully saturated rings. The fraction of sp³-hybridized carbons (Fsp3) is 0.208. The number of hydrogen-bond acceptors (Lipinski definition) is 6. The summed E-state index contributed by atoms with van der Waals surface area (Å²) in [5, 5.41) is 15.2. The molecular formula is C24H25NO4S.